The van der Waals surface area contributed by atoms with Gasteiger partial charge >= 0.3 is 0 Å². The van der Waals surface area contributed by atoms with E-state index in [-0.39, 0.29) is 0 Å². The minimum atomic E-state index is 0.473. The average Bonchev–Trinajstić information content (AvgIpc) is 2.77. The molecule has 74 valence electrons. The first-order chi connectivity index (χ1) is 6.78. The highest BCUT2D eigenvalue weighted by molar-refractivity contribution is 9.10. The molecule has 2 unspecified atom stereocenters. The Kier molecular flexibility index (Phi) is 1.97. The van der Waals surface area contributed by atoms with Crippen molar-refractivity contribution in [2.45, 2.75) is 24.7 Å². The molecule has 0 saturated heterocycles. The van der Waals surface area contributed by atoms with E-state index in [4.69, 9.17) is 11.6 Å². The van der Waals surface area contributed by atoms with Crippen LogP contribution in [0.15, 0.2) is 22.7 Å². The van der Waals surface area contributed by atoms with Crippen molar-refractivity contribution in [2.75, 3.05) is 5.88 Å². The van der Waals surface area contributed by atoms with Crippen LogP contribution in [0.1, 0.15) is 24.0 Å². The molecule has 1 aromatic rings. The van der Waals surface area contributed by atoms with Crippen molar-refractivity contribution in [3.05, 3.63) is 33.8 Å². The van der Waals surface area contributed by atoms with Crippen LogP contribution in [0.5, 0.6) is 0 Å². The van der Waals surface area contributed by atoms with Crippen LogP contribution in [0, 0.1) is 5.92 Å². The van der Waals surface area contributed by atoms with Gasteiger partial charge in [-0.3, -0.25) is 0 Å². The molecule has 1 spiro atoms. The quantitative estimate of drug-likeness (QED) is 0.680. The van der Waals surface area contributed by atoms with Gasteiger partial charge in [-0.1, -0.05) is 28.1 Å². The summed E-state index contributed by atoms with van der Waals surface area (Å²) in [5.74, 6) is 1.56. The first-order valence-corrected chi connectivity index (χ1v) is 6.44. The van der Waals surface area contributed by atoms with E-state index in [1.54, 1.807) is 5.56 Å². The van der Waals surface area contributed by atoms with Crippen LogP contribution >= 0.6 is 27.5 Å². The number of benzene rings is 1. The van der Waals surface area contributed by atoms with E-state index in [1.807, 2.05) is 0 Å². The van der Waals surface area contributed by atoms with Gasteiger partial charge in [-0.2, -0.15) is 0 Å². The number of rotatable bonds is 1. The second-order valence-electron chi connectivity index (χ2n) is 4.48. The van der Waals surface area contributed by atoms with Crippen LogP contribution in [0.4, 0.5) is 0 Å². The molecule has 1 aromatic carbocycles. The summed E-state index contributed by atoms with van der Waals surface area (Å²) in [7, 11) is 0. The van der Waals surface area contributed by atoms with E-state index >= 15 is 0 Å². The van der Waals surface area contributed by atoms with Gasteiger partial charge < -0.3 is 0 Å². The Morgan fingerprint density at radius 1 is 1.50 bits per heavy atom. The summed E-state index contributed by atoms with van der Waals surface area (Å²) in [5, 5.41) is 0. The lowest BCUT2D eigenvalue weighted by atomic mass is 9.96. The van der Waals surface area contributed by atoms with Crippen molar-refractivity contribution in [1.29, 1.82) is 0 Å². The van der Waals surface area contributed by atoms with Gasteiger partial charge in [-0.25, -0.2) is 0 Å². The van der Waals surface area contributed by atoms with E-state index in [1.165, 1.54) is 29.3 Å². The average molecular weight is 272 g/mol. The molecule has 0 bridgehead atoms. The number of hydrogen-bond acceptors (Lipinski definition) is 0. The van der Waals surface area contributed by atoms with Crippen LogP contribution in [0.25, 0.3) is 0 Å². The first kappa shape index (κ1) is 9.23. The standard InChI is InChI=1S/C12H12BrCl/c13-11-3-1-2-10-9(11)4-5-12(10)6-8(12)7-14/h1-3,8H,4-7H2. The van der Waals surface area contributed by atoms with Gasteiger partial charge in [0.1, 0.15) is 0 Å². The minimum Gasteiger partial charge on any atom is -0.126 e. The molecular weight excluding hydrogens is 259 g/mol. The summed E-state index contributed by atoms with van der Waals surface area (Å²) < 4.78 is 1.28. The molecule has 2 heteroatoms. The molecule has 0 nitrogen and oxygen atoms in total. The molecule has 3 rings (SSSR count). The van der Waals surface area contributed by atoms with Crippen LogP contribution in [-0.4, -0.2) is 5.88 Å². The fraction of sp³-hybridized carbons (Fsp3) is 0.500. The third-order valence-corrected chi connectivity index (χ3v) is 5.01. The Bertz CT molecular complexity index is 388. The third kappa shape index (κ3) is 1.06. The van der Waals surface area contributed by atoms with Crippen LogP contribution in [0.2, 0.25) is 0 Å². The first-order valence-electron chi connectivity index (χ1n) is 5.12. The Labute approximate surface area is 97.8 Å². The summed E-state index contributed by atoms with van der Waals surface area (Å²) in [5.41, 5.74) is 3.57. The van der Waals surface area contributed by atoms with Crippen molar-refractivity contribution in [3.63, 3.8) is 0 Å². The summed E-state index contributed by atoms with van der Waals surface area (Å²) in [6, 6.07) is 6.59. The van der Waals surface area contributed by atoms with Gasteiger partial charge in [0.25, 0.3) is 0 Å². The van der Waals surface area contributed by atoms with Crippen molar-refractivity contribution in [3.8, 4) is 0 Å². The number of hydrogen-bond donors (Lipinski definition) is 0. The van der Waals surface area contributed by atoms with Gasteiger partial charge in [0.2, 0.25) is 0 Å². The molecular formula is C12H12BrCl. The summed E-state index contributed by atoms with van der Waals surface area (Å²) in [6.45, 7) is 0. The number of halogens is 2. The number of alkyl halides is 1. The summed E-state index contributed by atoms with van der Waals surface area (Å²) >= 11 is 9.60. The third-order valence-electron chi connectivity index (χ3n) is 3.89. The molecule has 0 amide bonds. The molecule has 0 N–H and O–H groups in total. The molecule has 2 atom stereocenters. The molecule has 14 heavy (non-hydrogen) atoms. The van der Waals surface area contributed by atoms with E-state index < -0.39 is 0 Å². The lowest BCUT2D eigenvalue weighted by Crippen LogP contribution is -2.05. The Balaban J connectivity index is 2.08. The van der Waals surface area contributed by atoms with Crippen LogP contribution in [-0.2, 0) is 11.8 Å². The highest BCUT2D eigenvalue weighted by Gasteiger charge is 2.57. The lowest BCUT2D eigenvalue weighted by molar-refractivity contribution is 0.625. The zero-order chi connectivity index (χ0) is 9.76. The van der Waals surface area contributed by atoms with Crippen molar-refractivity contribution in [1.82, 2.24) is 0 Å². The highest BCUT2D eigenvalue weighted by Crippen LogP contribution is 2.62. The zero-order valence-electron chi connectivity index (χ0n) is 7.89. The molecule has 0 aromatic heterocycles. The summed E-state index contributed by atoms with van der Waals surface area (Å²) in [4.78, 5) is 0. The van der Waals surface area contributed by atoms with Crippen LogP contribution < -0.4 is 0 Å². The molecule has 2 aliphatic carbocycles. The largest absolute Gasteiger partial charge is 0.126 e. The second-order valence-corrected chi connectivity index (χ2v) is 5.64. The van der Waals surface area contributed by atoms with E-state index in [9.17, 15) is 0 Å². The Hall–Kier alpha value is -0.0100. The Morgan fingerprint density at radius 2 is 2.36 bits per heavy atom. The van der Waals surface area contributed by atoms with Crippen molar-refractivity contribution >= 4 is 27.5 Å². The predicted octanol–water partition coefficient (Wildman–Crippen LogP) is 3.89. The topological polar surface area (TPSA) is 0 Å². The maximum atomic E-state index is 5.96. The van der Waals surface area contributed by atoms with Gasteiger partial charge in [-0.05, 0) is 42.4 Å². The molecule has 1 fully saturated rings. The number of fused-ring (bicyclic) bond motifs is 2. The van der Waals surface area contributed by atoms with Gasteiger partial charge in [0, 0.05) is 15.8 Å². The maximum Gasteiger partial charge on any atom is 0.0260 e. The fourth-order valence-corrected chi connectivity index (χ4v) is 3.95. The minimum absolute atomic E-state index is 0.473. The van der Waals surface area contributed by atoms with Gasteiger partial charge in [0.15, 0.2) is 0 Å². The molecule has 0 radical (unpaired) electrons. The van der Waals surface area contributed by atoms with Crippen molar-refractivity contribution in [2.24, 2.45) is 5.92 Å². The van der Waals surface area contributed by atoms with Gasteiger partial charge in [-0.15, -0.1) is 11.6 Å². The van der Waals surface area contributed by atoms with E-state index in [2.05, 4.69) is 34.1 Å². The highest BCUT2D eigenvalue weighted by atomic mass is 79.9. The lowest BCUT2D eigenvalue weighted by Gasteiger charge is -2.10. The fourth-order valence-electron chi connectivity index (χ4n) is 2.98. The predicted molar refractivity (Wildman–Crippen MR) is 63.0 cm³/mol. The van der Waals surface area contributed by atoms with E-state index in [0.717, 1.165) is 11.8 Å². The molecule has 1 saturated carbocycles. The monoisotopic (exact) mass is 270 g/mol. The van der Waals surface area contributed by atoms with Crippen molar-refractivity contribution < 1.29 is 0 Å². The molecule has 0 heterocycles. The normalized spacial score (nSPS) is 33.4. The smallest absolute Gasteiger partial charge is 0.0260 e. The van der Waals surface area contributed by atoms with Gasteiger partial charge in [0.05, 0.1) is 0 Å². The molecule has 0 aliphatic heterocycles. The Morgan fingerprint density at radius 3 is 3.07 bits per heavy atom. The summed E-state index contributed by atoms with van der Waals surface area (Å²) in [6.07, 6.45) is 3.84. The SMILES string of the molecule is ClCC1CC12CCc1c(Br)cccc12. The van der Waals surface area contributed by atoms with Crippen LogP contribution in [0.3, 0.4) is 0 Å². The van der Waals surface area contributed by atoms with E-state index in [0.29, 0.717) is 5.41 Å². The zero-order valence-corrected chi connectivity index (χ0v) is 10.2. The second kappa shape index (κ2) is 2.99. The molecule has 2 aliphatic rings. The maximum absolute atomic E-state index is 5.96.